The van der Waals surface area contributed by atoms with E-state index >= 15 is 0 Å². The van der Waals surface area contributed by atoms with E-state index in [0.29, 0.717) is 6.61 Å². The average molecular weight is 232 g/mol. The topological polar surface area (TPSA) is 50.4 Å². The summed E-state index contributed by atoms with van der Waals surface area (Å²) in [6.45, 7) is 2.44. The summed E-state index contributed by atoms with van der Waals surface area (Å²) in [6, 6.07) is 6.07. The molecule has 90 valence electrons. The molecule has 0 saturated carbocycles. The van der Waals surface area contributed by atoms with Crippen molar-refractivity contribution in [1.29, 1.82) is 0 Å². The lowest BCUT2D eigenvalue weighted by Crippen LogP contribution is -2.28. The number of benzene rings is 1. The lowest BCUT2D eigenvalue weighted by Gasteiger charge is -2.22. The van der Waals surface area contributed by atoms with Gasteiger partial charge in [-0.25, -0.2) is 4.79 Å². The van der Waals surface area contributed by atoms with Crippen molar-refractivity contribution in [2.75, 3.05) is 18.5 Å². The van der Waals surface area contributed by atoms with Crippen LogP contribution in [0.25, 0.3) is 0 Å². The van der Waals surface area contributed by atoms with Gasteiger partial charge in [-0.1, -0.05) is 12.1 Å². The minimum Gasteiger partial charge on any atom is -0.464 e. The lowest BCUT2D eigenvalue weighted by atomic mass is 9.99. The molecule has 2 N–H and O–H groups in total. The van der Waals surface area contributed by atoms with Crippen molar-refractivity contribution in [1.82, 2.24) is 5.32 Å². The number of carbonyl (C=O) groups is 1. The maximum absolute atomic E-state index is 11.4. The van der Waals surface area contributed by atoms with Gasteiger partial charge >= 0.3 is 5.97 Å². The first-order valence-corrected chi connectivity index (χ1v) is 6.09. The normalized spacial score (nSPS) is 23.1. The molecule has 1 fully saturated rings. The van der Waals surface area contributed by atoms with Crippen molar-refractivity contribution in [3.05, 3.63) is 29.3 Å². The molecule has 2 heterocycles. The Morgan fingerprint density at radius 1 is 1.41 bits per heavy atom. The van der Waals surface area contributed by atoms with E-state index in [4.69, 9.17) is 4.74 Å². The van der Waals surface area contributed by atoms with E-state index < -0.39 is 0 Å². The van der Waals surface area contributed by atoms with Crippen LogP contribution in [-0.4, -0.2) is 25.2 Å². The molecule has 0 spiro atoms. The summed E-state index contributed by atoms with van der Waals surface area (Å²) in [7, 11) is 0. The van der Waals surface area contributed by atoms with Gasteiger partial charge in [0, 0.05) is 18.7 Å². The second kappa shape index (κ2) is 4.37. The molecule has 4 heteroatoms. The molecule has 2 aliphatic rings. The minimum atomic E-state index is -0.177. The third-order valence-corrected chi connectivity index (χ3v) is 3.41. The van der Waals surface area contributed by atoms with Crippen LogP contribution in [0.15, 0.2) is 18.2 Å². The fraction of sp³-hybridized carbons (Fsp3) is 0.462. The summed E-state index contributed by atoms with van der Waals surface area (Å²) in [5.74, 6) is -0.133. The van der Waals surface area contributed by atoms with Gasteiger partial charge in [0.15, 0.2) is 0 Å². The van der Waals surface area contributed by atoms with Gasteiger partial charge in [-0.3, -0.25) is 0 Å². The molecule has 1 atom stereocenters. The van der Waals surface area contributed by atoms with E-state index in [2.05, 4.69) is 16.7 Å². The van der Waals surface area contributed by atoms with Crippen molar-refractivity contribution in [2.45, 2.75) is 25.4 Å². The van der Waals surface area contributed by atoms with Crippen LogP contribution in [0.1, 0.15) is 17.5 Å². The van der Waals surface area contributed by atoms with Gasteiger partial charge < -0.3 is 15.4 Å². The summed E-state index contributed by atoms with van der Waals surface area (Å²) >= 11 is 0. The van der Waals surface area contributed by atoms with Gasteiger partial charge in [-0.05, 0) is 30.2 Å². The molecule has 0 amide bonds. The second-order valence-electron chi connectivity index (χ2n) is 4.52. The maximum atomic E-state index is 11.4. The van der Waals surface area contributed by atoms with E-state index in [-0.39, 0.29) is 12.0 Å². The fourth-order valence-electron chi connectivity index (χ4n) is 2.46. The zero-order chi connectivity index (χ0) is 11.7. The molecule has 1 aromatic rings. The van der Waals surface area contributed by atoms with E-state index in [0.717, 1.165) is 31.6 Å². The number of carbonyl (C=O) groups excluding carboxylic acids is 1. The van der Waals surface area contributed by atoms with Crippen molar-refractivity contribution in [3.63, 3.8) is 0 Å². The Morgan fingerprint density at radius 3 is 3.18 bits per heavy atom. The third kappa shape index (κ3) is 2.00. The predicted octanol–water partition coefficient (Wildman–Crippen LogP) is 1.06. The predicted molar refractivity (Wildman–Crippen MR) is 64.8 cm³/mol. The van der Waals surface area contributed by atoms with Gasteiger partial charge in [0.05, 0.1) is 6.61 Å². The van der Waals surface area contributed by atoms with Crippen molar-refractivity contribution < 1.29 is 9.53 Å². The first-order valence-electron chi connectivity index (χ1n) is 6.09. The van der Waals surface area contributed by atoms with Gasteiger partial charge in [-0.15, -0.1) is 0 Å². The van der Waals surface area contributed by atoms with Crippen molar-refractivity contribution in [3.8, 4) is 0 Å². The number of hydrogen-bond donors (Lipinski definition) is 2. The smallest absolute Gasteiger partial charge is 0.328 e. The van der Waals surface area contributed by atoms with Crippen LogP contribution >= 0.6 is 0 Å². The molecule has 4 nitrogen and oxygen atoms in total. The highest BCUT2D eigenvalue weighted by Crippen LogP contribution is 2.25. The molecule has 1 unspecified atom stereocenters. The van der Waals surface area contributed by atoms with Crippen LogP contribution in [0.4, 0.5) is 5.69 Å². The first kappa shape index (κ1) is 10.6. The van der Waals surface area contributed by atoms with Crippen molar-refractivity contribution >= 4 is 11.7 Å². The number of nitrogens with one attached hydrogen (secondary N) is 2. The Morgan fingerprint density at radius 2 is 2.35 bits per heavy atom. The fourth-order valence-corrected chi connectivity index (χ4v) is 2.46. The summed E-state index contributed by atoms with van der Waals surface area (Å²) in [6.07, 6.45) is 1.82. The Kier molecular flexibility index (Phi) is 2.73. The van der Waals surface area contributed by atoms with E-state index in [9.17, 15) is 4.79 Å². The molecule has 1 saturated heterocycles. The Labute approximate surface area is 100 Å². The zero-order valence-electron chi connectivity index (χ0n) is 9.66. The average Bonchev–Trinajstić information content (AvgIpc) is 2.76. The molecule has 0 radical (unpaired) electrons. The Hall–Kier alpha value is -1.55. The highest BCUT2D eigenvalue weighted by Gasteiger charge is 2.27. The Bertz CT molecular complexity index is 445. The summed E-state index contributed by atoms with van der Waals surface area (Å²) in [5.41, 5.74) is 3.73. The van der Waals surface area contributed by atoms with Gasteiger partial charge in [0.25, 0.3) is 0 Å². The van der Waals surface area contributed by atoms with Crippen LogP contribution in [0, 0.1) is 0 Å². The SMILES string of the molecule is O=C1OCCC1Nc1cccc2c1CNCC2. The van der Waals surface area contributed by atoms with Gasteiger partial charge in [0.1, 0.15) is 6.04 Å². The highest BCUT2D eigenvalue weighted by molar-refractivity contribution is 5.81. The first-order chi connectivity index (χ1) is 8.34. The molecule has 0 aromatic heterocycles. The number of cyclic esters (lactones) is 1. The summed E-state index contributed by atoms with van der Waals surface area (Å²) in [5, 5.41) is 6.67. The van der Waals surface area contributed by atoms with Crippen molar-refractivity contribution in [2.24, 2.45) is 0 Å². The molecule has 3 rings (SSSR count). The van der Waals surface area contributed by atoms with E-state index in [1.54, 1.807) is 0 Å². The van der Waals surface area contributed by atoms with Crippen LogP contribution in [0.5, 0.6) is 0 Å². The molecule has 1 aromatic carbocycles. The molecule has 2 aliphatic heterocycles. The highest BCUT2D eigenvalue weighted by atomic mass is 16.5. The standard InChI is InChI=1S/C13H16N2O2/c16-13-12(5-7-17-13)15-11-3-1-2-9-4-6-14-8-10(9)11/h1-3,12,14-15H,4-8H2. The van der Waals surface area contributed by atoms with Gasteiger partial charge in [-0.2, -0.15) is 0 Å². The molecular formula is C13H16N2O2. The number of esters is 1. The van der Waals surface area contributed by atoms with Crippen LogP contribution in [-0.2, 0) is 22.5 Å². The summed E-state index contributed by atoms with van der Waals surface area (Å²) in [4.78, 5) is 11.4. The van der Waals surface area contributed by atoms with E-state index in [1.807, 2.05) is 12.1 Å². The molecule has 0 aliphatic carbocycles. The molecule has 0 bridgehead atoms. The second-order valence-corrected chi connectivity index (χ2v) is 4.52. The third-order valence-electron chi connectivity index (χ3n) is 3.41. The maximum Gasteiger partial charge on any atom is 0.328 e. The molecule has 17 heavy (non-hydrogen) atoms. The minimum absolute atomic E-state index is 0.133. The van der Waals surface area contributed by atoms with Gasteiger partial charge in [0.2, 0.25) is 0 Å². The monoisotopic (exact) mass is 232 g/mol. The number of fused-ring (bicyclic) bond motifs is 1. The quantitative estimate of drug-likeness (QED) is 0.749. The summed E-state index contributed by atoms with van der Waals surface area (Å²) < 4.78 is 4.96. The van der Waals surface area contributed by atoms with Crippen LogP contribution in [0.3, 0.4) is 0 Å². The Balaban J connectivity index is 1.85. The number of hydrogen-bond acceptors (Lipinski definition) is 4. The number of anilines is 1. The number of rotatable bonds is 2. The zero-order valence-corrected chi connectivity index (χ0v) is 9.66. The molecular weight excluding hydrogens is 216 g/mol. The van der Waals surface area contributed by atoms with E-state index in [1.165, 1.54) is 11.1 Å². The largest absolute Gasteiger partial charge is 0.464 e. The lowest BCUT2D eigenvalue weighted by molar-refractivity contribution is -0.138. The van der Waals surface area contributed by atoms with Crippen LogP contribution < -0.4 is 10.6 Å². The van der Waals surface area contributed by atoms with Crippen LogP contribution in [0.2, 0.25) is 0 Å². The number of ether oxygens (including phenoxy) is 1.